The van der Waals surface area contributed by atoms with Crippen molar-refractivity contribution >= 4 is 21.6 Å². The van der Waals surface area contributed by atoms with Crippen LogP contribution in [0.3, 0.4) is 0 Å². The van der Waals surface area contributed by atoms with Gasteiger partial charge in [-0.1, -0.05) is 18.2 Å². The molecule has 152 valence electrons. The summed E-state index contributed by atoms with van der Waals surface area (Å²) >= 11 is 0. The highest BCUT2D eigenvalue weighted by Gasteiger charge is 2.14. The molecule has 0 aliphatic heterocycles. The Morgan fingerprint density at radius 3 is 2.48 bits per heavy atom. The fourth-order valence-electron chi connectivity index (χ4n) is 2.58. The monoisotopic (exact) mass is 414 g/mol. The Kier molecular flexibility index (Phi) is 6.69. The number of ether oxygens (including phenoxy) is 1. The van der Waals surface area contributed by atoms with Gasteiger partial charge in [0.25, 0.3) is 0 Å². The number of carbonyl (C=O) groups is 1. The van der Waals surface area contributed by atoms with E-state index in [-0.39, 0.29) is 30.4 Å². The number of carbonyl (C=O) groups excluding carboxylic acids is 1. The van der Waals surface area contributed by atoms with Crippen LogP contribution in [0.2, 0.25) is 0 Å². The molecule has 2 N–H and O–H groups in total. The minimum atomic E-state index is -3.67. The van der Waals surface area contributed by atoms with Crippen molar-refractivity contribution in [3.8, 4) is 5.75 Å². The Bertz CT molecular complexity index is 1040. The summed E-state index contributed by atoms with van der Waals surface area (Å²) < 4.78 is 37.8. The van der Waals surface area contributed by atoms with Crippen LogP contribution in [-0.2, 0) is 21.4 Å². The zero-order valence-electron chi connectivity index (χ0n) is 15.9. The Morgan fingerprint density at radius 2 is 1.79 bits per heavy atom. The molecule has 1 aromatic heterocycles. The molecule has 0 unspecified atom stereocenters. The van der Waals surface area contributed by atoms with Crippen molar-refractivity contribution in [2.45, 2.75) is 24.8 Å². The van der Waals surface area contributed by atoms with Crippen LogP contribution < -0.4 is 14.8 Å². The standard InChI is InChI=1S/C21H22N2O5S/c1-16-5-2-3-7-20(16)28-14-12-21(24)23-17-8-10-19(11-9-17)29(25,26)22-15-18-6-4-13-27-18/h2-11,13,22H,12,14-15H2,1H3,(H,23,24). The van der Waals surface area contributed by atoms with E-state index < -0.39 is 10.0 Å². The topological polar surface area (TPSA) is 97.6 Å². The molecule has 1 heterocycles. The lowest BCUT2D eigenvalue weighted by molar-refractivity contribution is -0.116. The van der Waals surface area contributed by atoms with Gasteiger partial charge >= 0.3 is 0 Å². The molecule has 1 amide bonds. The predicted molar refractivity (Wildman–Crippen MR) is 109 cm³/mol. The maximum absolute atomic E-state index is 12.3. The molecule has 3 aromatic rings. The second kappa shape index (κ2) is 9.40. The molecule has 0 saturated carbocycles. The first-order valence-corrected chi connectivity index (χ1v) is 10.5. The Morgan fingerprint density at radius 1 is 1.03 bits per heavy atom. The van der Waals surface area contributed by atoms with Gasteiger partial charge in [0.05, 0.1) is 30.7 Å². The summed E-state index contributed by atoms with van der Waals surface area (Å²) in [6, 6.07) is 16.9. The van der Waals surface area contributed by atoms with Crippen molar-refractivity contribution < 1.29 is 22.4 Å². The van der Waals surface area contributed by atoms with E-state index in [1.807, 2.05) is 31.2 Å². The molecule has 0 radical (unpaired) electrons. The lowest BCUT2D eigenvalue weighted by atomic mass is 10.2. The van der Waals surface area contributed by atoms with Gasteiger partial charge in [0.1, 0.15) is 11.5 Å². The summed E-state index contributed by atoms with van der Waals surface area (Å²) in [6.45, 7) is 2.25. The molecular weight excluding hydrogens is 392 g/mol. The summed E-state index contributed by atoms with van der Waals surface area (Å²) in [5.41, 5.74) is 1.52. The van der Waals surface area contributed by atoms with E-state index in [4.69, 9.17) is 9.15 Å². The summed E-state index contributed by atoms with van der Waals surface area (Å²) in [4.78, 5) is 12.2. The molecular formula is C21H22N2O5S. The van der Waals surface area contributed by atoms with Crippen molar-refractivity contribution in [3.05, 3.63) is 78.3 Å². The first-order chi connectivity index (χ1) is 13.9. The highest BCUT2D eigenvalue weighted by Crippen LogP contribution is 2.17. The predicted octanol–water partition coefficient (Wildman–Crippen LogP) is 3.47. The molecule has 0 bridgehead atoms. The maximum Gasteiger partial charge on any atom is 0.240 e. The molecule has 0 saturated heterocycles. The van der Waals surface area contributed by atoms with E-state index in [0.717, 1.165) is 11.3 Å². The Hall–Kier alpha value is -3.10. The molecule has 29 heavy (non-hydrogen) atoms. The molecule has 0 spiro atoms. The van der Waals surface area contributed by atoms with Gasteiger partial charge in [-0.15, -0.1) is 0 Å². The largest absolute Gasteiger partial charge is 0.493 e. The number of sulfonamides is 1. The van der Waals surface area contributed by atoms with Crippen LogP contribution in [-0.4, -0.2) is 20.9 Å². The summed E-state index contributed by atoms with van der Waals surface area (Å²) in [5, 5.41) is 2.73. The average Bonchev–Trinajstić information content (AvgIpc) is 3.22. The van der Waals surface area contributed by atoms with Crippen LogP contribution >= 0.6 is 0 Å². The van der Waals surface area contributed by atoms with Gasteiger partial charge in [-0.05, 0) is 55.0 Å². The first kappa shape index (κ1) is 20.6. The van der Waals surface area contributed by atoms with E-state index >= 15 is 0 Å². The van der Waals surface area contributed by atoms with Gasteiger partial charge < -0.3 is 14.5 Å². The highest BCUT2D eigenvalue weighted by atomic mass is 32.2. The van der Waals surface area contributed by atoms with Crippen molar-refractivity contribution in [3.63, 3.8) is 0 Å². The number of furan rings is 1. The lowest BCUT2D eigenvalue weighted by Gasteiger charge is -2.10. The highest BCUT2D eigenvalue weighted by molar-refractivity contribution is 7.89. The van der Waals surface area contributed by atoms with Crippen LogP contribution in [0.25, 0.3) is 0 Å². The van der Waals surface area contributed by atoms with Crippen molar-refractivity contribution in [1.29, 1.82) is 0 Å². The second-order valence-corrected chi connectivity index (χ2v) is 8.11. The molecule has 2 aromatic carbocycles. The number of para-hydroxylation sites is 1. The molecule has 7 nitrogen and oxygen atoms in total. The number of hydrogen-bond donors (Lipinski definition) is 2. The Labute approximate surface area is 169 Å². The number of aryl methyl sites for hydroxylation is 1. The van der Waals surface area contributed by atoms with Crippen molar-refractivity contribution in [2.24, 2.45) is 0 Å². The smallest absolute Gasteiger partial charge is 0.240 e. The van der Waals surface area contributed by atoms with E-state index in [9.17, 15) is 13.2 Å². The maximum atomic E-state index is 12.3. The van der Waals surface area contributed by atoms with Gasteiger partial charge in [0, 0.05) is 5.69 Å². The third-order valence-corrected chi connectivity index (χ3v) is 5.56. The van der Waals surface area contributed by atoms with Crippen molar-refractivity contribution in [1.82, 2.24) is 4.72 Å². The fraction of sp³-hybridized carbons (Fsp3) is 0.190. The Balaban J connectivity index is 1.49. The van der Waals surface area contributed by atoms with E-state index in [1.165, 1.54) is 18.4 Å². The number of hydrogen-bond acceptors (Lipinski definition) is 5. The minimum absolute atomic E-state index is 0.0642. The van der Waals surface area contributed by atoms with Crippen LogP contribution in [0, 0.1) is 6.92 Å². The summed E-state index contributed by atoms with van der Waals surface area (Å²) in [6.07, 6.45) is 1.66. The average molecular weight is 414 g/mol. The first-order valence-electron chi connectivity index (χ1n) is 9.04. The second-order valence-electron chi connectivity index (χ2n) is 6.34. The number of rotatable bonds is 9. The molecule has 0 aliphatic rings. The van der Waals surface area contributed by atoms with E-state index in [1.54, 1.807) is 24.3 Å². The van der Waals surface area contributed by atoms with Gasteiger partial charge in [-0.25, -0.2) is 13.1 Å². The summed E-state index contributed by atoms with van der Waals surface area (Å²) in [7, 11) is -3.67. The zero-order chi connectivity index (χ0) is 20.7. The normalized spacial score (nSPS) is 11.2. The number of amides is 1. The van der Waals surface area contributed by atoms with Gasteiger partial charge in [0.15, 0.2) is 0 Å². The van der Waals surface area contributed by atoms with Crippen LogP contribution in [0.4, 0.5) is 5.69 Å². The molecule has 0 aliphatic carbocycles. The van der Waals surface area contributed by atoms with Gasteiger partial charge in [-0.3, -0.25) is 4.79 Å². The third-order valence-electron chi connectivity index (χ3n) is 4.15. The molecule has 0 atom stereocenters. The van der Waals surface area contributed by atoms with Gasteiger partial charge in [0.2, 0.25) is 15.9 Å². The molecule has 8 heteroatoms. The van der Waals surface area contributed by atoms with E-state index in [2.05, 4.69) is 10.0 Å². The quantitative estimate of drug-likeness (QED) is 0.559. The third kappa shape index (κ3) is 5.94. The zero-order valence-corrected chi connectivity index (χ0v) is 16.7. The van der Waals surface area contributed by atoms with E-state index in [0.29, 0.717) is 11.4 Å². The summed E-state index contributed by atoms with van der Waals surface area (Å²) in [5.74, 6) is 1.05. The number of nitrogens with one attached hydrogen (secondary N) is 2. The SMILES string of the molecule is Cc1ccccc1OCCC(=O)Nc1ccc(S(=O)(=O)NCc2ccco2)cc1. The van der Waals surface area contributed by atoms with Crippen molar-refractivity contribution in [2.75, 3.05) is 11.9 Å². The van der Waals surface area contributed by atoms with Crippen LogP contribution in [0.15, 0.2) is 76.2 Å². The number of anilines is 1. The lowest BCUT2D eigenvalue weighted by Crippen LogP contribution is -2.23. The van der Waals surface area contributed by atoms with Crippen LogP contribution in [0.1, 0.15) is 17.7 Å². The van der Waals surface area contributed by atoms with Crippen LogP contribution in [0.5, 0.6) is 5.75 Å². The number of benzene rings is 2. The minimum Gasteiger partial charge on any atom is -0.493 e. The molecule has 3 rings (SSSR count). The molecule has 0 fully saturated rings. The van der Waals surface area contributed by atoms with Gasteiger partial charge in [-0.2, -0.15) is 0 Å². The fourth-order valence-corrected chi connectivity index (χ4v) is 3.57.